The van der Waals surface area contributed by atoms with Gasteiger partial charge < -0.3 is 14.3 Å². The van der Waals surface area contributed by atoms with E-state index in [2.05, 4.69) is 27.2 Å². The van der Waals surface area contributed by atoms with Crippen molar-refractivity contribution in [3.05, 3.63) is 102 Å². The van der Waals surface area contributed by atoms with E-state index >= 15 is 0 Å². The summed E-state index contributed by atoms with van der Waals surface area (Å²) in [4.78, 5) is 13.9. The molecule has 3 aromatic heterocycles. The van der Waals surface area contributed by atoms with Crippen LogP contribution in [0.25, 0.3) is 16.7 Å². The molecule has 0 fully saturated rings. The Morgan fingerprint density at radius 2 is 1.83 bits per heavy atom. The number of aromatic hydroxyl groups is 1. The van der Waals surface area contributed by atoms with Crippen LogP contribution in [0.4, 0.5) is 0 Å². The molecule has 35 heavy (non-hydrogen) atoms. The maximum absolute atomic E-state index is 10.0. The first-order valence-corrected chi connectivity index (χ1v) is 12.0. The standard InChI is InChI=1S/C26H17N5O3S/c32-16-10-11-17-20(12-16)33-25-23(22(17)15-6-2-1-3-7-15)24-29-21(30-31(24)14-27-25)13-35-26-28-18-8-4-5-9-19(18)34-26/h1-12,14,22,32H,13H2/t22-/m1/s1. The van der Waals surface area contributed by atoms with Crippen LogP contribution in [-0.2, 0) is 5.75 Å². The zero-order valence-corrected chi connectivity index (χ0v) is 19.0. The molecule has 0 aliphatic carbocycles. The second kappa shape index (κ2) is 7.85. The van der Waals surface area contributed by atoms with Gasteiger partial charge in [0.2, 0.25) is 5.88 Å². The van der Waals surface area contributed by atoms with Crippen molar-refractivity contribution < 1.29 is 14.3 Å². The Kier molecular flexibility index (Phi) is 4.49. The molecule has 0 radical (unpaired) electrons. The number of aromatic nitrogens is 5. The minimum Gasteiger partial charge on any atom is -0.508 e. The van der Waals surface area contributed by atoms with Crippen LogP contribution in [-0.4, -0.2) is 29.7 Å². The fourth-order valence-corrected chi connectivity index (χ4v) is 5.13. The normalized spacial score (nSPS) is 14.6. The maximum atomic E-state index is 10.0. The molecule has 1 atom stereocenters. The van der Waals surface area contributed by atoms with Crippen molar-refractivity contribution >= 4 is 28.5 Å². The fraction of sp³-hybridized carbons (Fsp3) is 0.0769. The zero-order chi connectivity index (χ0) is 23.4. The highest BCUT2D eigenvalue weighted by Gasteiger charge is 2.33. The molecule has 1 N–H and O–H groups in total. The molecule has 0 bridgehead atoms. The highest BCUT2D eigenvalue weighted by molar-refractivity contribution is 7.98. The molecular weight excluding hydrogens is 462 g/mol. The van der Waals surface area contributed by atoms with E-state index in [1.807, 2.05) is 48.5 Å². The quantitative estimate of drug-likeness (QED) is 0.328. The van der Waals surface area contributed by atoms with Gasteiger partial charge in [0, 0.05) is 17.5 Å². The molecule has 6 aromatic rings. The lowest BCUT2D eigenvalue weighted by atomic mass is 9.84. The SMILES string of the molecule is Oc1ccc2c(c1)Oc1ncn3nc(CSc4nc5ccccc5o4)nc3c1[C@@H]2c1ccccc1. The van der Waals surface area contributed by atoms with Crippen molar-refractivity contribution in [1.29, 1.82) is 0 Å². The van der Waals surface area contributed by atoms with E-state index in [1.54, 1.807) is 23.0 Å². The van der Waals surface area contributed by atoms with Crippen LogP contribution in [0, 0.1) is 0 Å². The number of thioether (sulfide) groups is 1. The average Bonchev–Trinajstić information content (AvgIpc) is 3.50. The first-order chi connectivity index (χ1) is 17.2. The third kappa shape index (κ3) is 3.39. The van der Waals surface area contributed by atoms with Crippen molar-refractivity contribution in [1.82, 2.24) is 24.6 Å². The minimum absolute atomic E-state index is 0.140. The molecule has 9 heteroatoms. The first kappa shape index (κ1) is 20.0. The molecule has 1 aliphatic rings. The van der Waals surface area contributed by atoms with Gasteiger partial charge in [0.05, 0.1) is 11.3 Å². The Morgan fingerprint density at radius 1 is 0.971 bits per heavy atom. The molecule has 0 saturated carbocycles. The molecule has 7 rings (SSSR count). The minimum atomic E-state index is -0.173. The number of ether oxygens (including phenoxy) is 1. The van der Waals surface area contributed by atoms with Crippen LogP contribution < -0.4 is 4.74 Å². The average molecular weight is 480 g/mol. The molecule has 0 saturated heterocycles. The third-order valence-electron chi connectivity index (χ3n) is 5.97. The Hall–Kier alpha value is -4.37. The van der Waals surface area contributed by atoms with Crippen LogP contribution in [0.3, 0.4) is 0 Å². The predicted octanol–water partition coefficient (Wildman–Crippen LogP) is 5.55. The summed E-state index contributed by atoms with van der Waals surface area (Å²) >= 11 is 1.44. The summed E-state index contributed by atoms with van der Waals surface area (Å²) < 4.78 is 13.6. The molecule has 0 amide bonds. The van der Waals surface area contributed by atoms with Gasteiger partial charge in [-0.1, -0.05) is 60.3 Å². The summed E-state index contributed by atoms with van der Waals surface area (Å²) in [5.41, 5.74) is 5.09. The number of oxazole rings is 1. The Labute approximate surface area is 203 Å². The molecule has 0 spiro atoms. The first-order valence-electron chi connectivity index (χ1n) is 11.0. The lowest BCUT2D eigenvalue weighted by Crippen LogP contribution is -2.14. The van der Waals surface area contributed by atoms with Gasteiger partial charge in [0.25, 0.3) is 5.22 Å². The zero-order valence-electron chi connectivity index (χ0n) is 18.2. The highest BCUT2D eigenvalue weighted by atomic mass is 32.2. The largest absolute Gasteiger partial charge is 0.508 e. The number of nitrogens with zero attached hydrogens (tertiary/aromatic N) is 5. The summed E-state index contributed by atoms with van der Waals surface area (Å²) in [6.45, 7) is 0. The van der Waals surface area contributed by atoms with E-state index in [4.69, 9.17) is 14.1 Å². The van der Waals surface area contributed by atoms with Crippen molar-refractivity contribution in [2.75, 3.05) is 0 Å². The summed E-state index contributed by atoms with van der Waals surface area (Å²) in [5, 5.41) is 15.2. The molecule has 170 valence electrons. The van der Waals surface area contributed by atoms with Crippen molar-refractivity contribution in [3.63, 3.8) is 0 Å². The Bertz CT molecular complexity index is 1680. The van der Waals surface area contributed by atoms with E-state index in [1.165, 1.54) is 11.8 Å². The van der Waals surface area contributed by atoms with E-state index in [9.17, 15) is 5.11 Å². The van der Waals surface area contributed by atoms with Crippen LogP contribution in [0.2, 0.25) is 0 Å². The summed E-state index contributed by atoms with van der Waals surface area (Å²) in [5.74, 6) is 2.12. The second-order valence-electron chi connectivity index (χ2n) is 8.16. The number of hydrogen-bond donors (Lipinski definition) is 1. The molecular formula is C26H17N5O3S. The van der Waals surface area contributed by atoms with E-state index in [0.717, 1.165) is 27.8 Å². The molecule has 0 unspecified atom stereocenters. The van der Waals surface area contributed by atoms with Crippen molar-refractivity contribution in [2.24, 2.45) is 0 Å². The van der Waals surface area contributed by atoms with Gasteiger partial charge >= 0.3 is 0 Å². The summed E-state index contributed by atoms with van der Waals surface area (Å²) in [7, 11) is 0. The highest BCUT2D eigenvalue weighted by Crippen LogP contribution is 2.48. The lowest BCUT2D eigenvalue weighted by molar-refractivity contribution is 0.422. The number of rotatable bonds is 4. The molecule has 1 aliphatic heterocycles. The number of benzene rings is 3. The van der Waals surface area contributed by atoms with E-state index < -0.39 is 0 Å². The van der Waals surface area contributed by atoms with Gasteiger partial charge in [-0.25, -0.2) is 19.5 Å². The van der Waals surface area contributed by atoms with Crippen molar-refractivity contribution in [2.45, 2.75) is 16.9 Å². The third-order valence-corrected chi connectivity index (χ3v) is 6.79. The second-order valence-corrected chi connectivity index (χ2v) is 9.09. The van der Waals surface area contributed by atoms with Gasteiger partial charge in [-0.15, -0.1) is 5.10 Å². The molecule has 3 aromatic carbocycles. The summed E-state index contributed by atoms with van der Waals surface area (Å²) in [6.07, 6.45) is 1.60. The van der Waals surface area contributed by atoms with Crippen LogP contribution in [0.5, 0.6) is 17.4 Å². The van der Waals surface area contributed by atoms with Gasteiger partial charge in [-0.05, 0) is 23.8 Å². The molecule has 4 heterocycles. The van der Waals surface area contributed by atoms with Crippen LogP contribution in [0.1, 0.15) is 28.4 Å². The van der Waals surface area contributed by atoms with Gasteiger partial charge in [0.15, 0.2) is 17.1 Å². The van der Waals surface area contributed by atoms with Gasteiger partial charge in [-0.2, -0.15) is 0 Å². The van der Waals surface area contributed by atoms with E-state index in [-0.39, 0.29) is 11.7 Å². The fourth-order valence-electron chi connectivity index (χ4n) is 4.44. The van der Waals surface area contributed by atoms with Crippen LogP contribution >= 0.6 is 11.8 Å². The number of para-hydroxylation sites is 2. The van der Waals surface area contributed by atoms with Gasteiger partial charge in [-0.3, -0.25) is 0 Å². The Balaban J connectivity index is 1.30. The topological polar surface area (TPSA) is 98.6 Å². The number of phenolic OH excluding ortho intramolecular Hbond substituents is 1. The van der Waals surface area contributed by atoms with Gasteiger partial charge in [0.1, 0.15) is 23.3 Å². The predicted molar refractivity (Wildman–Crippen MR) is 130 cm³/mol. The number of fused-ring (bicyclic) bond motifs is 5. The lowest BCUT2D eigenvalue weighted by Gasteiger charge is -2.27. The summed E-state index contributed by atoms with van der Waals surface area (Å²) in [6, 6.07) is 23.0. The van der Waals surface area contributed by atoms with E-state index in [0.29, 0.717) is 34.1 Å². The number of phenols is 1. The maximum Gasteiger partial charge on any atom is 0.257 e. The van der Waals surface area contributed by atoms with Crippen molar-refractivity contribution in [3.8, 4) is 17.4 Å². The number of hydrogen-bond acceptors (Lipinski definition) is 8. The van der Waals surface area contributed by atoms with Crippen LogP contribution in [0.15, 0.2) is 88.8 Å². The monoisotopic (exact) mass is 479 g/mol. The Morgan fingerprint density at radius 3 is 2.71 bits per heavy atom. The molecule has 8 nitrogen and oxygen atoms in total. The smallest absolute Gasteiger partial charge is 0.257 e.